The van der Waals surface area contributed by atoms with Crippen LogP contribution in [0, 0.1) is 5.92 Å². The summed E-state index contributed by atoms with van der Waals surface area (Å²) in [5.74, 6) is 0.402. The van der Waals surface area contributed by atoms with E-state index >= 15 is 0 Å². The third-order valence-corrected chi connectivity index (χ3v) is 7.87. The largest absolute Gasteiger partial charge is 0.336 e. The summed E-state index contributed by atoms with van der Waals surface area (Å²) in [6.07, 6.45) is 8.04. The summed E-state index contributed by atoms with van der Waals surface area (Å²) in [6, 6.07) is 9.85. The van der Waals surface area contributed by atoms with Crippen molar-refractivity contribution in [2.24, 2.45) is 5.92 Å². The number of hydrogen-bond donors (Lipinski definition) is 1. The number of aromatic amines is 1. The summed E-state index contributed by atoms with van der Waals surface area (Å²) < 4.78 is 0. The molecular weight excluding hydrogens is 400 g/mol. The second kappa shape index (κ2) is 8.99. The van der Waals surface area contributed by atoms with Crippen molar-refractivity contribution in [3.05, 3.63) is 46.2 Å². The summed E-state index contributed by atoms with van der Waals surface area (Å²) in [7, 11) is 2.19. The van der Waals surface area contributed by atoms with Crippen LogP contribution in [0.5, 0.6) is 0 Å². The van der Waals surface area contributed by atoms with Crippen LogP contribution < -0.4 is 5.56 Å². The third kappa shape index (κ3) is 4.48. The van der Waals surface area contributed by atoms with Crippen molar-refractivity contribution in [2.75, 3.05) is 39.8 Å². The molecule has 3 fully saturated rings. The molecule has 3 aliphatic rings. The zero-order valence-electron chi connectivity index (χ0n) is 19.3. The lowest BCUT2D eigenvalue weighted by Crippen LogP contribution is -2.62. The van der Waals surface area contributed by atoms with Gasteiger partial charge in [-0.25, -0.2) is 0 Å². The van der Waals surface area contributed by atoms with Crippen molar-refractivity contribution in [1.29, 1.82) is 0 Å². The normalized spacial score (nSPS) is 22.2. The van der Waals surface area contributed by atoms with E-state index in [1.807, 2.05) is 35.2 Å². The number of likely N-dealkylation sites (N-methyl/N-ethyl adjacent to an activating group) is 1. The van der Waals surface area contributed by atoms with Gasteiger partial charge in [0.25, 0.3) is 5.56 Å². The molecule has 0 spiro atoms. The van der Waals surface area contributed by atoms with Crippen LogP contribution in [0.2, 0.25) is 0 Å². The number of nitrogens with zero attached hydrogens (tertiary/aromatic N) is 3. The molecule has 2 heterocycles. The Kier molecular flexibility index (Phi) is 6.08. The minimum Gasteiger partial charge on any atom is -0.336 e. The van der Waals surface area contributed by atoms with Crippen LogP contribution >= 0.6 is 0 Å². The SMILES string of the molecule is CN1CCN(C2(CN(Cc3cc4ccccc4[nH]c3=O)C(=O)C3CC3)CCCCC2)CC1. The van der Waals surface area contributed by atoms with Gasteiger partial charge in [0, 0.05) is 55.3 Å². The molecule has 1 saturated heterocycles. The lowest BCUT2D eigenvalue weighted by atomic mass is 9.79. The molecule has 0 bridgehead atoms. The molecule has 1 aliphatic heterocycles. The van der Waals surface area contributed by atoms with Gasteiger partial charge in [0.15, 0.2) is 0 Å². The molecule has 2 saturated carbocycles. The predicted molar refractivity (Wildman–Crippen MR) is 128 cm³/mol. The molecule has 2 aliphatic carbocycles. The first kappa shape index (κ1) is 21.7. The highest BCUT2D eigenvalue weighted by Crippen LogP contribution is 2.38. The first-order valence-electron chi connectivity index (χ1n) is 12.4. The highest BCUT2D eigenvalue weighted by atomic mass is 16.2. The zero-order valence-corrected chi connectivity index (χ0v) is 19.3. The molecule has 1 N–H and O–H groups in total. The molecule has 32 heavy (non-hydrogen) atoms. The second-order valence-corrected chi connectivity index (χ2v) is 10.3. The number of carbonyl (C=O) groups excluding carboxylic acids is 1. The number of benzene rings is 1. The Balaban J connectivity index is 1.44. The Labute approximate surface area is 190 Å². The number of piperazine rings is 1. The average Bonchev–Trinajstić information content (AvgIpc) is 3.65. The molecule has 0 atom stereocenters. The lowest BCUT2D eigenvalue weighted by Gasteiger charge is -2.51. The molecule has 172 valence electrons. The molecule has 2 aromatic rings. The summed E-state index contributed by atoms with van der Waals surface area (Å²) >= 11 is 0. The van der Waals surface area contributed by atoms with Gasteiger partial charge in [-0.05, 0) is 50.2 Å². The highest BCUT2D eigenvalue weighted by molar-refractivity contribution is 5.82. The first-order valence-corrected chi connectivity index (χ1v) is 12.4. The van der Waals surface area contributed by atoms with Gasteiger partial charge in [0.05, 0.1) is 6.54 Å². The van der Waals surface area contributed by atoms with Gasteiger partial charge in [-0.2, -0.15) is 0 Å². The van der Waals surface area contributed by atoms with E-state index in [0.29, 0.717) is 12.1 Å². The monoisotopic (exact) mass is 436 g/mol. The maximum atomic E-state index is 13.4. The van der Waals surface area contributed by atoms with Crippen molar-refractivity contribution < 1.29 is 4.79 Å². The van der Waals surface area contributed by atoms with Crippen LogP contribution in [0.3, 0.4) is 0 Å². The smallest absolute Gasteiger partial charge is 0.253 e. The fraction of sp³-hybridized carbons (Fsp3) is 0.615. The fourth-order valence-electron chi connectivity index (χ4n) is 5.74. The fourth-order valence-corrected chi connectivity index (χ4v) is 5.74. The number of aromatic nitrogens is 1. The molecule has 5 rings (SSSR count). The Hall–Kier alpha value is -2.18. The Morgan fingerprint density at radius 2 is 1.81 bits per heavy atom. The van der Waals surface area contributed by atoms with E-state index in [2.05, 4.69) is 21.8 Å². The van der Waals surface area contributed by atoms with Crippen molar-refractivity contribution in [3.63, 3.8) is 0 Å². The Morgan fingerprint density at radius 3 is 2.53 bits per heavy atom. The third-order valence-electron chi connectivity index (χ3n) is 7.87. The first-order chi connectivity index (χ1) is 15.5. The van der Waals surface area contributed by atoms with E-state index in [1.54, 1.807) is 0 Å². The summed E-state index contributed by atoms with van der Waals surface area (Å²) in [6.45, 7) is 5.46. The second-order valence-electron chi connectivity index (χ2n) is 10.3. The summed E-state index contributed by atoms with van der Waals surface area (Å²) in [4.78, 5) is 36.4. The number of fused-ring (bicyclic) bond motifs is 1. The zero-order chi connectivity index (χ0) is 22.1. The number of rotatable bonds is 6. The number of pyridine rings is 1. The van der Waals surface area contributed by atoms with Gasteiger partial charge in [-0.3, -0.25) is 14.5 Å². The van der Waals surface area contributed by atoms with Gasteiger partial charge < -0.3 is 14.8 Å². The standard InChI is InChI=1S/C26H36N4O2/c1-28-13-15-30(16-14-28)26(11-5-2-6-12-26)19-29(25(32)20-9-10-20)18-22-17-21-7-3-4-8-23(21)27-24(22)31/h3-4,7-8,17,20H,2,5-6,9-16,18-19H2,1H3,(H,27,31). The van der Waals surface area contributed by atoms with E-state index in [-0.39, 0.29) is 22.9 Å². The molecular formula is C26H36N4O2. The number of hydrogen-bond acceptors (Lipinski definition) is 4. The van der Waals surface area contributed by atoms with Crippen LogP contribution in [-0.2, 0) is 11.3 Å². The van der Waals surface area contributed by atoms with Gasteiger partial charge in [0.1, 0.15) is 0 Å². The molecule has 1 aromatic carbocycles. The van der Waals surface area contributed by atoms with E-state index in [1.165, 1.54) is 19.3 Å². The van der Waals surface area contributed by atoms with E-state index in [9.17, 15) is 9.59 Å². The van der Waals surface area contributed by atoms with Crippen LogP contribution in [0.1, 0.15) is 50.5 Å². The van der Waals surface area contributed by atoms with Crippen LogP contribution in [0.15, 0.2) is 35.1 Å². The molecule has 1 aromatic heterocycles. The number of H-pyrrole nitrogens is 1. The van der Waals surface area contributed by atoms with Crippen molar-refractivity contribution in [1.82, 2.24) is 19.7 Å². The molecule has 6 heteroatoms. The Bertz CT molecular complexity index is 1010. The van der Waals surface area contributed by atoms with E-state index in [0.717, 1.165) is 69.3 Å². The number of amides is 1. The van der Waals surface area contributed by atoms with Crippen molar-refractivity contribution >= 4 is 16.8 Å². The number of carbonyl (C=O) groups is 1. The summed E-state index contributed by atoms with van der Waals surface area (Å²) in [5.41, 5.74) is 1.52. The van der Waals surface area contributed by atoms with Crippen LogP contribution in [0.25, 0.3) is 10.9 Å². The van der Waals surface area contributed by atoms with Gasteiger partial charge >= 0.3 is 0 Å². The minimum absolute atomic E-state index is 0.0493. The average molecular weight is 437 g/mol. The number of nitrogens with one attached hydrogen (secondary N) is 1. The maximum Gasteiger partial charge on any atom is 0.253 e. The van der Waals surface area contributed by atoms with Crippen LogP contribution in [0.4, 0.5) is 0 Å². The molecule has 6 nitrogen and oxygen atoms in total. The van der Waals surface area contributed by atoms with Gasteiger partial charge in [-0.1, -0.05) is 37.5 Å². The van der Waals surface area contributed by atoms with Crippen molar-refractivity contribution in [2.45, 2.75) is 57.0 Å². The van der Waals surface area contributed by atoms with Crippen molar-refractivity contribution in [3.8, 4) is 0 Å². The highest BCUT2D eigenvalue weighted by Gasteiger charge is 2.43. The Morgan fingerprint density at radius 1 is 1.09 bits per heavy atom. The van der Waals surface area contributed by atoms with Crippen LogP contribution in [-0.4, -0.2) is 70.9 Å². The predicted octanol–water partition coefficient (Wildman–Crippen LogP) is 3.22. The van der Waals surface area contributed by atoms with E-state index < -0.39 is 0 Å². The van der Waals surface area contributed by atoms with Gasteiger partial charge in [-0.15, -0.1) is 0 Å². The summed E-state index contributed by atoms with van der Waals surface area (Å²) in [5, 5.41) is 1.02. The molecule has 0 radical (unpaired) electrons. The molecule has 0 unspecified atom stereocenters. The maximum absolute atomic E-state index is 13.4. The molecule has 1 amide bonds. The lowest BCUT2D eigenvalue weighted by molar-refractivity contribution is -0.136. The van der Waals surface area contributed by atoms with E-state index in [4.69, 9.17) is 0 Å². The minimum atomic E-state index is -0.0745. The number of para-hydroxylation sites is 1. The topological polar surface area (TPSA) is 59.6 Å². The van der Waals surface area contributed by atoms with Gasteiger partial charge in [0.2, 0.25) is 5.91 Å². The quantitative estimate of drug-likeness (QED) is 0.755.